The van der Waals surface area contributed by atoms with Gasteiger partial charge in [0.05, 0.1) is 10.2 Å². The first-order valence-corrected chi connectivity index (χ1v) is 15.9. The van der Waals surface area contributed by atoms with Crippen molar-refractivity contribution in [1.29, 1.82) is 0 Å². The van der Waals surface area contributed by atoms with Crippen LogP contribution in [0.4, 0.5) is 0 Å². The van der Waals surface area contributed by atoms with Gasteiger partial charge in [0, 0.05) is 68.1 Å². The Labute approximate surface area is 357 Å². The van der Waals surface area contributed by atoms with E-state index in [9.17, 15) is 9.59 Å². The zero-order valence-electron chi connectivity index (χ0n) is 32.6. The summed E-state index contributed by atoms with van der Waals surface area (Å²) in [4.78, 5) is 53.0. The summed E-state index contributed by atoms with van der Waals surface area (Å²) in [6, 6.07) is 0. The smallest absolute Gasteiger partial charge is 0.303 e. The molecule has 28 nitrogen and oxygen atoms in total. The van der Waals surface area contributed by atoms with Crippen molar-refractivity contribution in [2.45, 2.75) is 117 Å². The maximum Gasteiger partial charge on any atom is 0.303 e. The van der Waals surface area contributed by atoms with Gasteiger partial charge >= 0.3 is 11.9 Å². The summed E-state index contributed by atoms with van der Waals surface area (Å²) in [6.45, 7) is 10.2. The molecule has 0 spiro atoms. The van der Waals surface area contributed by atoms with Gasteiger partial charge in [0.2, 0.25) is 0 Å². The van der Waals surface area contributed by atoms with E-state index in [4.69, 9.17) is 83.0 Å². The van der Waals surface area contributed by atoms with Crippen molar-refractivity contribution in [2.75, 3.05) is 39.3 Å². The van der Waals surface area contributed by atoms with Crippen LogP contribution in [0.15, 0.2) is 0 Å². The van der Waals surface area contributed by atoms with Crippen LogP contribution < -0.4 is 46.7 Å². The van der Waals surface area contributed by atoms with Gasteiger partial charge in [-0.05, 0) is 64.7 Å². The first-order valence-electron chi connectivity index (χ1n) is 15.9. The van der Waals surface area contributed by atoms with Crippen molar-refractivity contribution in [3.8, 4) is 0 Å². The maximum absolute atomic E-state index is 9.87. The second-order valence-corrected chi connectivity index (χ2v) is 9.53. The monoisotopic (exact) mass is 1200 g/mol. The van der Waals surface area contributed by atoms with Crippen molar-refractivity contribution >= 4 is 11.9 Å². The van der Waals surface area contributed by atoms with Crippen LogP contribution in [0.3, 0.4) is 0 Å². The van der Waals surface area contributed by atoms with E-state index in [0.717, 1.165) is 77.8 Å². The van der Waals surface area contributed by atoms with Crippen molar-refractivity contribution < 1.29 is 92.7 Å². The number of hydrogen-bond donors (Lipinski definition) is 12. The molecule has 0 saturated heterocycles. The molecule has 0 unspecified atom stereocenters. The predicted octanol–water partition coefficient (Wildman–Crippen LogP) is 3.98. The Bertz CT molecular complexity index is 679. The summed E-state index contributed by atoms with van der Waals surface area (Å²) in [5.74, 6) is -1.36. The molecule has 0 rings (SSSR count). The van der Waals surface area contributed by atoms with Crippen LogP contribution in [0.25, 0.3) is 0 Å². The number of nitrogens with two attached hydrogens (primary N) is 2. The maximum atomic E-state index is 9.87. The molecule has 0 aliphatic carbocycles. The van der Waals surface area contributed by atoms with Crippen LogP contribution in [0.1, 0.15) is 117 Å². The zero-order valence-corrected chi connectivity index (χ0v) is 37.2. The third-order valence-corrected chi connectivity index (χ3v) is 5.08. The Balaban J connectivity index is -0.0000000379. The fourth-order valence-corrected chi connectivity index (χ4v) is 2.98. The molecule has 0 aromatic heterocycles. The van der Waals surface area contributed by atoms with Gasteiger partial charge < -0.3 is 98.0 Å². The number of carboxylic acid groups (broad SMARTS) is 2. The Hall–Kier alpha value is -3.20. The molecule has 0 bridgehead atoms. The molecule has 354 valence electrons. The first kappa shape index (κ1) is 89.4. The molecule has 0 atom stereocenters. The standard InChI is InChI=1S/C14H34N4.2C6H12O2.2HNO3.2NO3.4H3N.2Pt/c15-9-5-1-3-7-11-17-13-14-18-12-8-4-2-6-10-16;2*1-2-3-4-5-6(7)8;4*2-1(3)4;;;;;;/h17-18H,1-16H2;2*2-5H2,1H3,(H,7,8);2*(H,2,3,4);;;4*1H3;;/q;;;;;2*-1;;;;;;. The molecular weight excluding hydrogens is 1130 g/mol. The van der Waals surface area contributed by atoms with E-state index in [1.165, 1.54) is 51.4 Å². The number of carboxylic acids is 2. The van der Waals surface area contributed by atoms with E-state index >= 15 is 0 Å². The van der Waals surface area contributed by atoms with Gasteiger partial charge in [0.15, 0.2) is 0 Å². The number of hydrogen-bond acceptors (Lipinski definition) is 20. The van der Waals surface area contributed by atoms with Crippen molar-refractivity contribution in [1.82, 2.24) is 35.2 Å². The first-order chi connectivity index (χ1) is 23.4. The summed E-state index contributed by atoms with van der Waals surface area (Å²) in [5.41, 5.74) is 10.9. The minimum Gasteiger partial charge on any atom is -0.481 e. The number of rotatable bonds is 23. The SMILES string of the molecule is CCCCCC(=O)O.CCCCCC(=O)O.N.N.N.N.NCCCCCCNCCNCCCCCCN.O=[N+]([O-])O.O=[N+]([O-])O.O=[N+]([O-])[O-].O=[N+]([O-])[O-].[Pt].[Pt]. The van der Waals surface area contributed by atoms with Gasteiger partial charge in [0.25, 0.3) is 10.2 Å². The third-order valence-electron chi connectivity index (χ3n) is 5.08. The second kappa shape index (κ2) is 88.8. The Kier molecular flexibility index (Phi) is 142. The summed E-state index contributed by atoms with van der Waals surface area (Å²) >= 11 is 0. The molecule has 0 aromatic rings. The molecule has 0 radical (unpaired) electrons. The van der Waals surface area contributed by atoms with Gasteiger partial charge in [-0.2, -0.15) is 0 Å². The van der Waals surface area contributed by atoms with E-state index in [0.29, 0.717) is 12.8 Å². The van der Waals surface area contributed by atoms with E-state index in [-0.39, 0.29) is 66.7 Å². The summed E-state index contributed by atoms with van der Waals surface area (Å²) in [5, 5.41) is 80.0. The van der Waals surface area contributed by atoms with Gasteiger partial charge in [-0.25, -0.2) is 0 Å². The number of unbranched alkanes of at least 4 members (excludes halogenated alkanes) is 10. The van der Waals surface area contributed by atoms with E-state index in [1.807, 2.05) is 0 Å². The van der Waals surface area contributed by atoms with Gasteiger partial charge in [-0.1, -0.05) is 65.2 Å². The largest absolute Gasteiger partial charge is 0.481 e. The summed E-state index contributed by atoms with van der Waals surface area (Å²) < 4.78 is 0. The molecule has 0 fully saturated rings. The molecule has 0 aliphatic rings. The Morgan fingerprint density at radius 2 is 0.696 bits per heavy atom. The van der Waals surface area contributed by atoms with Crippen molar-refractivity contribution in [2.24, 2.45) is 11.5 Å². The Morgan fingerprint density at radius 3 is 0.875 bits per heavy atom. The molecule has 0 aromatic carbocycles. The van der Waals surface area contributed by atoms with Gasteiger partial charge in [-0.15, -0.1) is 20.2 Å². The fraction of sp³-hybridized carbons (Fsp3) is 0.923. The number of nitrogens with one attached hydrogen (secondary N) is 2. The zero-order chi connectivity index (χ0) is 40.4. The molecular formula is C26H72N12O16Pt2-2. The Morgan fingerprint density at radius 1 is 0.482 bits per heavy atom. The van der Waals surface area contributed by atoms with E-state index in [1.54, 1.807) is 0 Å². The fourth-order valence-electron chi connectivity index (χ4n) is 2.98. The second-order valence-electron chi connectivity index (χ2n) is 9.53. The molecule has 0 saturated carbocycles. The average Bonchev–Trinajstić information content (AvgIpc) is 2.97. The molecule has 0 amide bonds. The quantitative estimate of drug-likeness (QED) is 0.0391. The van der Waals surface area contributed by atoms with E-state index < -0.39 is 32.3 Å². The van der Waals surface area contributed by atoms with Crippen LogP contribution in [0, 0.1) is 50.9 Å². The summed E-state index contributed by atoms with van der Waals surface area (Å²) in [6.07, 6.45) is 16.6. The molecule has 0 heterocycles. The number of nitrogens with zero attached hydrogens (tertiary/aromatic N) is 4. The topological polar surface area (TPSA) is 550 Å². The number of carbonyl (C=O) groups is 2. The van der Waals surface area contributed by atoms with Crippen molar-refractivity contribution in [3.63, 3.8) is 0 Å². The normalized spacial score (nSPS) is 7.86. The minimum absolute atomic E-state index is 0. The molecule has 30 heteroatoms. The molecule has 56 heavy (non-hydrogen) atoms. The van der Waals surface area contributed by atoms with Gasteiger partial charge in [0.1, 0.15) is 0 Å². The van der Waals surface area contributed by atoms with Crippen LogP contribution in [0.5, 0.6) is 0 Å². The van der Waals surface area contributed by atoms with E-state index in [2.05, 4.69) is 24.5 Å². The van der Waals surface area contributed by atoms with Crippen LogP contribution in [-0.4, -0.2) is 92.2 Å². The van der Waals surface area contributed by atoms with Gasteiger partial charge in [-0.3, -0.25) is 9.59 Å². The van der Waals surface area contributed by atoms with Crippen molar-refractivity contribution in [3.05, 3.63) is 50.9 Å². The molecule has 22 N–H and O–H groups in total. The van der Waals surface area contributed by atoms with Crippen LogP contribution in [-0.2, 0) is 51.7 Å². The molecule has 0 aliphatic heterocycles. The summed E-state index contributed by atoms with van der Waals surface area (Å²) in [7, 11) is 0. The van der Waals surface area contributed by atoms with Crippen LogP contribution in [0.2, 0.25) is 0 Å². The number of aliphatic carboxylic acids is 2. The van der Waals surface area contributed by atoms with Crippen LogP contribution >= 0.6 is 0 Å². The third kappa shape index (κ3) is 265. The minimum atomic E-state index is -1.75. The predicted molar refractivity (Wildman–Crippen MR) is 203 cm³/mol. The average molecular weight is 1200 g/mol.